The van der Waals surface area contributed by atoms with Crippen LogP contribution in [0.3, 0.4) is 0 Å². The van der Waals surface area contributed by atoms with Gasteiger partial charge in [0.1, 0.15) is 24.3 Å². The number of rotatable bonds is 6. The summed E-state index contributed by atoms with van der Waals surface area (Å²) in [5.41, 5.74) is -0.894. The molecule has 0 aliphatic carbocycles. The van der Waals surface area contributed by atoms with Crippen LogP contribution in [-0.4, -0.2) is 51.4 Å². The van der Waals surface area contributed by atoms with E-state index in [1.54, 1.807) is 6.33 Å². The van der Waals surface area contributed by atoms with Crippen molar-refractivity contribution < 1.29 is 17.9 Å². The number of nitrogens with one attached hydrogen (secondary N) is 2. The second kappa shape index (κ2) is 10.6. The van der Waals surface area contributed by atoms with Gasteiger partial charge in [0.2, 0.25) is 5.88 Å². The standard InChI is InChI=1S/C17H22F3N7O.HI/c1-2-21-16(26-12-5-6-14-24-11-25-27(14)10-12)23-8-9-28-15-13(17(18,19)20)4-3-7-22-15;/h3-4,7,11-12H,2,5-6,8-10H2,1H3,(H2,21,23,26);1H. The molecule has 1 aliphatic heterocycles. The van der Waals surface area contributed by atoms with Gasteiger partial charge in [0, 0.05) is 25.2 Å². The van der Waals surface area contributed by atoms with Crippen LogP contribution in [0.4, 0.5) is 13.2 Å². The molecule has 2 aromatic rings. The second-order valence-electron chi connectivity index (χ2n) is 6.20. The Morgan fingerprint density at radius 1 is 1.38 bits per heavy atom. The molecule has 0 radical (unpaired) electrons. The highest BCUT2D eigenvalue weighted by atomic mass is 127. The van der Waals surface area contributed by atoms with Crippen molar-refractivity contribution in [1.29, 1.82) is 0 Å². The summed E-state index contributed by atoms with van der Waals surface area (Å²) in [5, 5.41) is 10.6. The van der Waals surface area contributed by atoms with E-state index in [4.69, 9.17) is 4.74 Å². The highest BCUT2D eigenvalue weighted by Crippen LogP contribution is 2.34. The first-order valence-corrected chi connectivity index (χ1v) is 9.04. The summed E-state index contributed by atoms with van der Waals surface area (Å²) in [6, 6.07) is 2.31. The van der Waals surface area contributed by atoms with Crippen molar-refractivity contribution in [2.75, 3.05) is 19.7 Å². The van der Waals surface area contributed by atoms with Crippen molar-refractivity contribution in [3.05, 3.63) is 36.0 Å². The minimum atomic E-state index is -4.51. The molecule has 8 nitrogen and oxygen atoms in total. The van der Waals surface area contributed by atoms with Crippen LogP contribution in [0, 0.1) is 0 Å². The number of hydrogen-bond donors (Lipinski definition) is 2. The predicted octanol–water partition coefficient (Wildman–Crippen LogP) is 2.26. The van der Waals surface area contributed by atoms with Gasteiger partial charge in [0.25, 0.3) is 0 Å². The zero-order chi connectivity index (χ0) is 20.0. The minimum Gasteiger partial charge on any atom is -0.475 e. The molecule has 160 valence electrons. The van der Waals surface area contributed by atoms with E-state index < -0.39 is 17.6 Å². The molecular weight excluding hydrogens is 502 g/mol. The van der Waals surface area contributed by atoms with Crippen LogP contribution in [0.15, 0.2) is 29.6 Å². The molecule has 0 aromatic carbocycles. The molecule has 0 spiro atoms. The largest absolute Gasteiger partial charge is 0.475 e. The van der Waals surface area contributed by atoms with E-state index in [0.29, 0.717) is 19.0 Å². The maximum atomic E-state index is 12.9. The van der Waals surface area contributed by atoms with Gasteiger partial charge < -0.3 is 15.4 Å². The number of aromatic nitrogens is 4. The van der Waals surface area contributed by atoms with Crippen LogP contribution < -0.4 is 15.4 Å². The number of aliphatic imine (C=N–C) groups is 1. The number of hydrogen-bond acceptors (Lipinski definition) is 5. The third kappa shape index (κ3) is 6.44. The molecule has 2 N–H and O–H groups in total. The van der Waals surface area contributed by atoms with Gasteiger partial charge in [0.05, 0.1) is 13.1 Å². The van der Waals surface area contributed by atoms with Crippen molar-refractivity contribution in [1.82, 2.24) is 30.4 Å². The Morgan fingerprint density at radius 2 is 2.21 bits per heavy atom. The summed E-state index contributed by atoms with van der Waals surface area (Å²) in [6.45, 7) is 3.44. The normalized spacial score (nSPS) is 16.6. The Bertz CT molecular complexity index is 812. The van der Waals surface area contributed by atoms with Crippen molar-refractivity contribution >= 4 is 29.9 Å². The molecule has 1 aliphatic rings. The highest BCUT2D eigenvalue weighted by molar-refractivity contribution is 14.0. The quantitative estimate of drug-likeness (QED) is 0.261. The summed E-state index contributed by atoms with van der Waals surface area (Å²) in [4.78, 5) is 12.2. The Hall–Kier alpha value is -2.12. The average Bonchev–Trinajstić information content (AvgIpc) is 3.12. The molecule has 1 unspecified atom stereocenters. The van der Waals surface area contributed by atoms with E-state index >= 15 is 0 Å². The number of alkyl halides is 3. The molecule has 0 saturated carbocycles. The lowest BCUT2D eigenvalue weighted by molar-refractivity contribution is -0.139. The van der Waals surface area contributed by atoms with Crippen molar-refractivity contribution in [3.63, 3.8) is 0 Å². The third-order valence-electron chi connectivity index (χ3n) is 4.17. The summed E-state index contributed by atoms with van der Waals surface area (Å²) in [5.74, 6) is 1.11. The number of aryl methyl sites for hydroxylation is 1. The average molecular weight is 525 g/mol. The van der Waals surface area contributed by atoms with Crippen LogP contribution in [0.25, 0.3) is 0 Å². The fourth-order valence-corrected chi connectivity index (χ4v) is 2.89. The molecule has 2 aromatic heterocycles. The first-order chi connectivity index (χ1) is 13.5. The summed E-state index contributed by atoms with van der Waals surface area (Å²) in [6.07, 6.45) is 0.00913. The number of fused-ring (bicyclic) bond motifs is 1. The Kier molecular flexibility index (Phi) is 8.46. The first kappa shape index (κ1) is 23.2. The Labute approximate surface area is 183 Å². The van der Waals surface area contributed by atoms with Crippen LogP contribution in [0.1, 0.15) is 24.7 Å². The molecule has 29 heavy (non-hydrogen) atoms. The van der Waals surface area contributed by atoms with E-state index in [1.807, 2.05) is 11.6 Å². The van der Waals surface area contributed by atoms with Crippen LogP contribution in [-0.2, 0) is 19.1 Å². The Morgan fingerprint density at radius 3 is 2.97 bits per heavy atom. The minimum absolute atomic E-state index is 0. The van der Waals surface area contributed by atoms with Crippen LogP contribution in [0.5, 0.6) is 5.88 Å². The molecular formula is C17H23F3IN7O. The smallest absolute Gasteiger partial charge is 0.421 e. The maximum absolute atomic E-state index is 12.9. The topological polar surface area (TPSA) is 89.2 Å². The van der Waals surface area contributed by atoms with Crippen LogP contribution >= 0.6 is 24.0 Å². The zero-order valence-corrected chi connectivity index (χ0v) is 18.1. The van der Waals surface area contributed by atoms with Gasteiger partial charge in [-0.3, -0.25) is 0 Å². The van der Waals surface area contributed by atoms with E-state index in [0.717, 1.165) is 24.7 Å². The monoisotopic (exact) mass is 525 g/mol. The van der Waals surface area contributed by atoms with Crippen LogP contribution in [0.2, 0.25) is 0 Å². The molecule has 3 heterocycles. The van der Waals surface area contributed by atoms with Crippen molar-refractivity contribution in [2.24, 2.45) is 4.99 Å². The molecule has 0 fully saturated rings. The molecule has 0 saturated heterocycles. The number of guanidine groups is 1. The summed E-state index contributed by atoms with van der Waals surface area (Å²) >= 11 is 0. The van der Waals surface area contributed by atoms with E-state index in [1.165, 1.54) is 12.3 Å². The number of nitrogens with zero attached hydrogens (tertiary/aromatic N) is 5. The lowest BCUT2D eigenvalue weighted by Crippen LogP contribution is -2.47. The SMILES string of the molecule is CCNC(=NCCOc1ncccc1C(F)(F)F)NC1CCc2ncnn2C1.I. The van der Waals surface area contributed by atoms with Gasteiger partial charge in [-0.1, -0.05) is 0 Å². The second-order valence-corrected chi connectivity index (χ2v) is 6.20. The maximum Gasteiger partial charge on any atom is 0.421 e. The zero-order valence-electron chi connectivity index (χ0n) is 15.8. The van der Waals surface area contributed by atoms with Gasteiger partial charge in [0.15, 0.2) is 5.96 Å². The number of pyridine rings is 1. The van der Waals surface area contributed by atoms with Gasteiger partial charge in [-0.15, -0.1) is 24.0 Å². The summed E-state index contributed by atoms with van der Waals surface area (Å²) in [7, 11) is 0. The van der Waals surface area contributed by atoms with Gasteiger partial charge in [-0.05, 0) is 25.5 Å². The lowest BCUT2D eigenvalue weighted by Gasteiger charge is -2.25. The van der Waals surface area contributed by atoms with Gasteiger partial charge >= 0.3 is 6.18 Å². The predicted molar refractivity (Wildman–Crippen MR) is 111 cm³/mol. The van der Waals surface area contributed by atoms with Gasteiger partial charge in [-0.2, -0.15) is 18.3 Å². The molecule has 0 bridgehead atoms. The Balaban J connectivity index is 0.00000300. The van der Waals surface area contributed by atoms with E-state index in [9.17, 15) is 13.2 Å². The summed E-state index contributed by atoms with van der Waals surface area (Å²) < 4.78 is 45.9. The van der Waals surface area contributed by atoms with E-state index in [-0.39, 0.29) is 43.2 Å². The van der Waals surface area contributed by atoms with E-state index in [2.05, 4.69) is 30.7 Å². The third-order valence-corrected chi connectivity index (χ3v) is 4.17. The fourth-order valence-electron chi connectivity index (χ4n) is 2.89. The molecule has 3 rings (SSSR count). The molecule has 12 heteroatoms. The van der Waals surface area contributed by atoms with Gasteiger partial charge in [-0.25, -0.2) is 19.6 Å². The lowest BCUT2D eigenvalue weighted by atomic mass is 10.1. The highest BCUT2D eigenvalue weighted by Gasteiger charge is 2.35. The van der Waals surface area contributed by atoms with Crippen molar-refractivity contribution in [2.45, 2.75) is 38.5 Å². The molecule has 1 atom stereocenters. The number of ether oxygens (including phenoxy) is 1. The first-order valence-electron chi connectivity index (χ1n) is 9.04. The fraction of sp³-hybridized carbons (Fsp3) is 0.529. The number of halogens is 4. The van der Waals surface area contributed by atoms with Crippen molar-refractivity contribution in [3.8, 4) is 5.88 Å². The molecule has 0 amide bonds.